The van der Waals surface area contributed by atoms with E-state index in [2.05, 4.69) is 31.0 Å². The van der Waals surface area contributed by atoms with Crippen LogP contribution in [-0.2, 0) is 6.54 Å². The lowest BCUT2D eigenvalue weighted by molar-refractivity contribution is 0.0835. The summed E-state index contributed by atoms with van der Waals surface area (Å²) >= 11 is 0. The van der Waals surface area contributed by atoms with Gasteiger partial charge in [0.1, 0.15) is 5.82 Å². The highest BCUT2D eigenvalue weighted by atomic mass is 16.1. The Morgan fingerprint density at radius 3 is 2.59 bits per heavy atom. The molecule has 5 heteroatoms. The molecule has 3 atom stereocenters. The molecule has 1 aliphatic heterocycles. The van der Waals surface area contributed by atoms with Gasteiger partial charge in [0.15, 0.2) is 0 Å². The highest BCUT2D eigenvalue weighted by Crippen LogP contribution is 2.31. The van der Waals surface area contributed by atoms with Gasteiger partial charge in [-0.15, -0.1) is 0 Å². The minimum absolute atomic E-state index is 0.0880. The van der Waals surface area contributed by atoms with Crippen LogP contribution in [0.3, 0.4) is 0 Å². The van der Waals surface area contributed by atoms with Crippen molar-refractivity contribution in [1.82, 2.24) is 19.8 Å². The lowest BCUT2D eigenvalue weighted by atomic mass is 9.90. The Kier molecular flexibility index (Phi) is 6.66. The van der Waals surface area contributed by atoms with Gasteiger partial charge in [-0.3, -0.25) is 14.3 Å². The number of fused-ring (bicyclic) bond motifs is 1. The molecule has 1 unspecified atom stereocenters. The van der Waals surface area contributed by atoms with Crippen LogP contribution in [0.1, 0.15) is 51.9 Å². The topological polar surface area (TPSA) is 50.2 Å². The van der Waals surface area contributed by atoms with Gasteiger partial charge in [-0.1, -0.05) is 39.3 Å². The Morgan fingerprint density at radius 1 is 1.22 bits per heavy atom. The Hall–Kier alpha value is -1.72. The van der Waals surface area contributed by atoms with Crippen molar-refractivity contribution in [3.63, 3.8) is 0 Å². The molecule has 2 aromatic rings. The second-order valence-electron chi connectivity index (χ2n) is 8.25. The first kappa shape index (κ1) is 20.0. The van der Waals surface area contributed by atoms with Crippen LogP contribution in [0, 0.1) is 11.8 Å². The standard InChI is InChI=1S/C22H34N4O/c1-5-8-20(25-14-16(2)13-17(3)15-25)21-24-19-10-7-6-9-18(19)22(27)26(21)12-11-23-4/h6-7,9-10,16-17,20,23H,5,8,11-15H2,1-4H3/t16-,17+,20?. The van der Waals surface area contributed by atoms with Gasteiger partial charge >= 0.3 is 0 Å². The lowest BCUT2D eigenvalue weighted by Crippen LogP contribution is -2.43. The van der Waals surface area contributed by atoms with E-state index in [1.807, 2.05) is 35.9 Å². The third kappa shape index (κ3) is 4.41. The average Bonchev–Trinajstić information content (AvgIpc) is 2.64. The van der Waals surface area contributed by atoms with Crippen molar-refractivity contribution in [2.45, 2.75) is 52.6 Å². The van der Waals surface area contributed by atoms with Gasteiger partial charge in [-0.25, -0.2) is 4.98 Å². The summed E-state index contributed by atoms with van der Waals surface area (Å²) in [5, 5.41) is 3.90. The molecule has 1 aliphatic rings. The Morgan fingerprint density at radius 2 is 1.93 bits per heavy atom. The van der Waals surface area contributed by atoms with Crippen molar-refractivity contribution in [3.8, 4) is 0 Å². The zero-order valence-corrected chi connectivity index (χ0v) is 17.2. The van der Waals surface area contributed by atoms with E-state index >= 15 is 0 Å². The summed E-state index contributed by atoms with van der Waals surface area (Å²) < 4.78 is 1.92. The molecular weight excluding hydrogens is 336 g/mol. The van der Waals surface area contributed by atoms with Crippen LogP contribution in [-0.4, -0.2) is 41.1 Å². The second-order valence-corrected chi connectivity index (χ2v) is 8.25. The summed E-state index contributed by atoms with van der Waals surface area (Å²) in [4.78, 5) is 20.9. The summed E-state index contributed by atoms with van der Waals surface area (Å²) in [7, 11) is 1.93. The number of piperidine rings is 1. The predicted octanol–water partition coefficient (Wildman–Crippen LogP) is 3.44. The van der Waals surface area contributed by atoms with Crippen molar-refractivity contribution in [2.75, 3.05) is 26.7 Å². The van der Waals surface area contributed by atoms with Crippen LogP contribution < -0.4 is 10.9 Å². The Bertz CT molecular complexity index is 806. The molecule has 1 N–H and O–H groups in total. The predicted molar refractivity (Wildman–Crippen MR) is 112 cm³/mol. The number of nitrogens with zero attached hydrogens (tertiary/aromatic N) is 3. The number of hydrogen-bond donors (Lipinski definition) is 1. The number of likely N-dealkylation sites (tertiary alicyclic amines) is 1. The number of rotatable bonds is 7. The molecular formula is C22H34N4O. The minimum Gasteiger partial charge on any atom is -0.318 e. The van der Waals surface area contributed by atoms with Gasteiger partial charge in [-0.05, 0) is 43.9 Å². The summed E-state index contributed by atoms with van der Waals surface area (Å²) in [6.07, 6.45) is 3.40. The van der Waals surface area contributed by atoms with E-state index in [4.69, 9.17) is 4.98 Å². The zero-order valence-electron chi connectivity index (χ0n) is 17.2. The lowest BCUT2D eigenvalue weighted by Gasteiger charge is -2.40. The third-order valence-corrected chi connectivity index (χ3v) is 5.67. The SMILES string of the molecule is CCCC(c1nc2ccccc2c(=O)n1CCNC)N1C[C@H](C)C[C@H](C)C1. The van der Waals surface area contributed by atoms with Gasteiger partial charge in [-0.2, -0.15) is 0 Å². The first-order chi connectivity index (χ1) is 13.0. The highest BCUT2D eigenvalue weighted by Gasteiger charge is 2.31. The Labute approximate surface area is 162 Å². The zero-order chi connectivity index (χ0) is 19.4. The van der Waals surface area contributed by atoms with Crippen molar-refractivity contribution < 1.29 is 0 Å². The molecule has 2 heterocycles. The molecule has 0 saturated carbocycles. The molecule has 27 heavy (non-hydrogen) atoms. The van der Waals surface area contributed by atoms with E-state index in [0.717, 1.165) is 43.8 Å². The summed E-state index contributed by atoms with van der Waals surface area (Å²) in [6, 6.07) is 7.95. The third-order valence-electron chi connectivity index (χ3n) is 5.67. The van der Waals surface area contributed by atoms with E-state index in [9.17, 15) is 4.79 Å². The molecule has 0 bridgehead atoms. The molecule has 0 spiro atoms. The number of hydrogen-bond acceptors (Lipinski definition) is 4. The van der Waals surface area contributed by atoms with Crippen LogP contribution in [0.25, 0.3) is 10.9 Å². The fourth-order valence-electron chi connectivity index (χ4n) is 4.59. The van der Waals surface area contributed by atoms with E-state index in [0.29, 0.717) is 23.8 Å². The normalized spacial score (nSPS) is 22.2. The van der Waals surface area contributed by atoms with Crippen LogP contribution in [0.15, 0.2) is 29.1 Å². The van der Waals surface area contributed by atoms with Crippen molar-refractivity contribution in [1.29, 1.82) is 0 Å². The number of nitrogens with one attached hydrogen (secondary N) is 1. The van der Waals surface area contributed by atoms with Gasteiger partial charge in [0.2, 0.25) is 0 Å². The fourth-order valence-corrected chi connectivity index (χ4v) is 4.59. The molecule has 5 nitrogen and oxygen atoms in total. The fraction of sp³-hybridized carbons (Fsp3) is 0.636. The number of benzene rings is 1. The molecule has 3 rings (SSSR count). The van der Waals surface area contributed by atoms with Gasteiger partial charge < -0.3 is 5.32 Å². The average molecular weight is 371 g/mol. The molecule has 0 amide bonds. The van der Waals surface area contributed by atoms with Crippen LogP contribution in [0.4, 0.5) is 0 Å². The van der Waals surface area contributed by atoms with Gasteiger partial charge in [0.05, 0.1) is 16.9 Å². The first-order valence-corrected chi connectivity index (χ1v) is 10.4. The van der Waals surface area contributed by atoms with E-state index in [-0.39, 0.29) is 11.6 Å². The maximum Gasteiger partial charge on any atom is 0.261 e. The van der Waals surface area contributed by atoms with Crippen molar-refractivity contribution in [2.24, 2.45) is 11.8 Å². The molecule has 148 valence electrons. The first-order valence-electron chi connectivity index (χ1n) is 10.4. The summed E-state index contributed by atoms with van der Waals surface area (Å²) in [5.74, 6) is 2.31. The van der Waals surface area contributed by atoms with E-state index in [1.165, 1.54) is 6.42 Å². The van der Waals surface area contributed by atoms with E-state index in [1.54, 1.807) is 0 Å². The summed E-state index contributed by atoms with van der Waals surface area (Å²) in [5.41, 5.74) is 0.905. The monoisotopic (exact) mass is 370 g/mol. The molecule has 1 aromatic heterocycles. The maximum atomic E-state index is 13.3. The van der Waals surface area contributed by atoms with Crippen molar-refractivity contribution in [3.05, 3.63) is 40.4 Å². The maximum absolute atomic E-state index is 13.3. The quantitative estimate of drug-likeness (QED) is 0.811. The van der Waals surface area contributed by atoms with Gasteiger partial charge in [0, 0.05) is 26.2 Å². The highest BCUT2D eigenvalue weighted by molar-refractivity contribution is 5.77. The van der Waals surface area contributed by atoms with Gasteiger partial charge in [0.25, 0.3) is 5.56 Å². The van der Waals surface area contributed by atoms with Crippen molar-refractivity contribution >= 4 is 10.9 Å². The smallest absolute Gasteiger partial charge is 0.261 e. The largest absolute Gasteiger partial charge is 0.318 e. The van der Waals surface area contributed by atoms with Crippen LogP contribution >= 0.6 is 0 Å². The second kappa shape index (κ2) is 8.98. The minimum atomic E-state index is 0.0880. The molecule has 1 saturated heterocycles. The number of aromatic nitrogens is 2. The molecule has 1 aromatic carbocycles. The van der Waals surface area contributed by atoms with E-state index < -0.39 is 0 Å². The Balaban J connectivity index is 2.10. The van der Waals surface area contributed by atoms with Crippen LogP contribution in [0.2, 0.25) is 0 Å². The molecule has 0 aliphatic carbocycles. The summed E-state index contributed by atoms with van der Waals surface area (Å²) in [6.45, 7) is 10.5. The molecule has 0 radical (unpaired) electrons. The number of para-hydroxylation sites is 1. The number of likely N-dealkylation sites (N-methyl/N-ethyl adjacent to an activating group) is 1. The van der Waals surface area contributed by atoms with Crippen LogP contribution in [0.5, 0.6) is 0 Å². The molecule has 1 fully saturated rings.